The number of fused-ring (bicyclic) bond motifs is 1. The molecule has 25 heavy (non-hydrogen) atoms. The fourth-order valence-electron chi connectivity index (χ4n) is 3.30. The van der Waals surface area contributed by atoms with Crippen molar-refractivity contribution in [3.05, 3.63) is 47.9 Å². The van der Waals surface area contributed by atoms with Crippen LogP contribution < -0.4 is 4.90 Å². The maximum absolute atomic E-state index is 4.43. The van der Waals surface area contributed by atoms with Crippen LogP contribution in [0, 0.1) is 6.92 Å². The first-order valence-corrected chi connectivity index (χ1v) is 9.73. The van der Waals surface area contributed by atoms with E-state index < -0.39 is 0 Å². The number of hydrogen-bond acceptors (Lipinski definition) is 6. The van der Waals surface area contributed by atoms with Crippen molar-refractivity contribution < 1.29 is 0 Å². The molecule has 0 spiro atoms. The molecule has 3 aromatic rings. The first-order chi connectivity index (χ1) is 12.2. The SMILES string of the molecule is CSc1ccc(CN2CCN(c3cc(C)nn4cnnc34)CC2)cc1. The van der Waals surface area contributed by atoms with Crippen LogP contribution in [0.15, 0.2) is 41.6 Å². The van der Waals surface area contributed by atoms with Gasteiger partial charge in [0, 0.05) is 37.6 Å². The molecule has 0 atom stereocenters. The normalized spacial score (nSPS) is 15.8. The third-order valence-corrected chi connectivity index (χ3v) is 5.39. The molecule has 0 N–H and O–H groups in total. The summed E-state index contributed by atoms with van der Waals surface area (Å²) in [5.41, 5.74) is 4.34. The molecule has 1 fully saturated rings. The largest absolute Gasteiger partial charge is 0.366 e. The fourth-order valence-corrected chi connectivity index (χ4v) is 3.71. The number of aromatic nitrogens is 4. The number of thioether (sulfide) groups is 1. The van der Waals surface area contributed by atoms with Gasteiger partial charge >= 0.3 is 0 Å². The molecule has 7 heteroatoms. The Morgan fingerprint density at radius 2 is 1.84 bits per heavy atom. The van der Waals surface area contributed by atoms with E-state index >= 15 is 0 Å². The van der Waals surface area contributed by atoms with Gasteiger partial charge in [-0.1, -0.05) is 12.1 Å². The highest BCUT2D eigenvalue weighted by atomic mass is 32.2. The average molecular weight is 354 g/mol. The Hall–Kier alpha value is -2.12. The quantitative estimate of drug-likeness (QED) is 0.671. The number of aryl methyl sites for hydroxylation is 1. The number of benzene rings is 1. The van der Waals surface area contributed by atoms with Crippen LogP contribution in [-0.4, -0.2) is 57.1 Å². The minimum Gasteiger partial charge on any atom is -0.366 e. The molecule has 0 radical (unpaired) electrons. The second-order valence-electron chi connectivity index (χ2n) is 6.38. The molecule has 0 bridgehead atoms. The summed E-state index contributed by atoms with van der Waals surface area (Å²) in [5, 5.41) is 12.7. The number of anilines is 1. The van der Waals surface area contributed by atoms with E-state index in [0.29, 0.717) is 0 Å². The first-order valence-electron chi connectivity index (χ1n) is 8.51. The Kier molecular flexibility index (Phi) is 4.59. The van der Waals surface area contributed by atoms with Crippen LogP contribution in [0.25, 0.3) is 5.65 Å². The summed E-state index contributed by atoms with van der Waals surface area (Å²) in [6.45, 7) is 7.11. The molecular formula is C18H22N6S. The number of piperazine rings is 1. The summed E-state index contributed by atoms with van der Waals surface area (Å²) in [4.78, 5) is 6.23. The zero-order valence-electron chi connectivity index (χ0n) is 14.6. The van der Waals surface area contributed by atoms with Gasteiger partial charge in [0.2, 0.25) is 5.65 Å². The van der Waals surface area contributed by atoms with Gasteiger partial charge < -0.3 is 4.90 Å². The summed E-state index contributed by atoms with van der Waals surface area (Å²) in [7, 11) is 0. The number of hydrogen-bond donors (Lipinski definition) is 0. The van der Waals surface area contributed by atoms with E-state index in [1.54, 1.807) is 22.6 Å². The van der Waals surface area contributed by atoms with Crippen molar-refractivity contribution >= 4 is 23.1 Å². The van der Waals surface area contributed by atoms with E-state index in [9.17, 15) is 0 Å². The van der Waals surface area contributed by atoms with Gasteiger partial charge in [0.05, 0.1) is 11.4 Å². The van der Waals surface area contributed by atoms with Crippen molar-refractivity contribution in [2.75, 3.05) is 37.3 Å². The van der Waals surface area contributed by atoms with E-state index in [1.165, 1.54) is 10.5 Å². The smallest absolute Gasteiger partial charge is 0.200 e. The third-order valence-electron chi connectivity index (χ3n) is 4.65. The zero-order valence-corrected chi connectivity index (χ0v) is 15.4. The minimum absolute atomic E-state index is 0.840. The summed E-state index contributed by atoms with van der Waals surface area (Å²) in [6.07, 6.45) is 3.78. The summed E-state index contributed by atoms with van der Waals surface area (Å²) >= 11 is 1.79. The highest BCUT2D eigenvalue weighted by Crippen LogP contribution is 2.22. The lowest BCUT2D eigenvalue weighted by atomic mass is 10.2. The van der Waals surface area contributed by atoms with Gasteiger partial charge in [0.25, 0.3) is 0 Å². The van der Waals surface area contributed by atoms with Gasteiger partial charge in [0.1, 0.15) is 6.33 Å². The van der Waals surface area contributed by atoms with E-state index in [1.807, 2.05) is 6.92 Å². The Morgan fingerprint density at radius 1 is 1.08 bits per heavy atom. The Labute approximate surface area is 151 Å². The summed E-state index contributed by atoms with van der Waals surface area (Å²) in [6, 6.07) is 11.0. The van der Waals surface area contributed by atoms with E-state index in [-0.39, 0.29) is 0 Å². The molecule has 1 aliphatic rings. The topological polar surface area (TPSA) is 49.6 Å². The maximum Gasteiger partial charge on any atom is 0.200 e. The van der Waals surface area contributed by atoms with Crippen LogP contribution >= 0.6 is 11.8 Å². The van der Waals surface area contributed by atoms with Crippen LogP contribution in [-0.2, 0) is 6.54 Å². The zero-order chi connectivity index (χ0) is 17.2. The van der Waals surface area contributed by atoms with Crippen molar-refractivity contribution in [1.82, 2.24) is 24.7 Å². The van der Waals surface area contributed by atoms with Crippen LogP contribution in [0.4, 0.5) is 5.69 Å². The molecular weight excluding hydrogens is 332 g/mol. The minimum atomic E-state index is 0.840. The molecule has 2 aromatic heterocycles. The van der Waals surface area contributed by atoms with Crippen molar-refractivity contribution in [3.8, 4) is 0 Å². The second kappa shape index (κ2) is 7.01. The predicted molar refractivity (Wildman–Crippen MR) is 101 cm³/mol. The van der Waals surface area contributed by atoms with Crippen LogP contribution in [0.5, 0.6) is 0 Å². The molecule has 0 unspecified atom stereocenters. The highest BCUT2D eigenvalue weighted by Gasteiger charge is 2.20. The van der Waals surface area contributed by atoms with Crippen molar-refractivity contribution in [2.24, 2.45) is 0 Å². The maximum atomic E-state index is 4.43. The summed E-state index contributed by atoms with van der Waals surface area (Å²) < 4.78 is 1.77. The number of nitrogens with zero attached hydrogens (tertiary/aromatic N) is 6. The van der Waals surface area contributed by atoms with E-state index in [4.69, 9.17) is 0 Å². The molecule has 1 aromatic carbocycles. The van der Waals surface area contributed by atoms with E-state index in [2.05, 4.69) is 61.7 Å². The van der Waals surface area contributed by atoms with Gasteiger partial charge in [0.15, 0.2) is 0 Å². The van der Waals surface area contributed by atoms with Crippen molar-refractivity contribution in [2.45, 2.75) is 18.4 Å². The van der Waals surface area contributed by atoms with Gasteiger partial charge in [-0.25, -0.2) is 0 Å². The second-order valence-corrected chi connectivity index (χ2v) is 7.26. The van der Waals surface area contributed by atoms with Crippen LogP contribution in [0.2, 0.25) is 0 Å². The molecule has 0 aliphatic carbocycles. The number of rotatable bonds is 4. The van der Waals surface area contributed by atoms with Crippen LogP contribution in [0.3, 0.4) is 0 Å². The first kappa shape index (κ1) is 16.4. The molecule has 1 saturated heterocycles. The molecule has 1 aliphatic heterocycles. The van der Waals surface area contributed by atoms with Gasteiger partial charge in [-0.2, -0.15) is 9.61 Å². The highest BCUT2D eigenvalue weighted by molar-refractivity contribution is 7.98. The molecule has 6 nitrogen and oxygen atoms in total. The molecule has 0 saturated carbocycles. The Morgan fingerprint density at radius 3 is 2.56 bits per heavy atom. The average Bonchev–Trinajstić information content (AvgIpc) is 3.11. The lowest BCUT2D eigenvalue weighted by Crippen LogP contribution is -2.46. The molecule has 130 valence electrons. The van der Waals surface area contributed by atoms with E-state index in [0.717, 1.165) is 49.8 Å². The lowest BCUT2D eigenvalue weighted by Gasteiger charge is -2.36. The lowest BCUT2D eigenvalue weighted by molar-refractivity contribution is 0.250. The monoisotopic (exact) mass is 354 g/mol. The van der Waals surface area contributed by atoms with Crippen molar-refractivity contribution in [3.63, 3.8) is 0 Å². The van der Waals surface area contributed by atoms with Crippen molar-refractivity contribution in [1.29, 1.82) is 0 Å². The van der Waals surface area contributed by atoms with Gasteiger partial charge in [-0.15, -0.1) is 22.0 Å². The van der Waals surface area contributed by atoms with Crippen LogP contribution in [0.1, 0.15) is 11.3 Å². The standard InChI is InChI=1S/C18H22N6S/c1-14-11-17(18-20-19-13-24(18)21-14)23-9-7-22(8-10-23)12-15-3-5-16(25-2)6-4-15/h3-6,11,13H,7-10,12H2,1-2H3. The molecule has 0 amide bonds. The molecule has 4 rings (SSSR count). The van der Waals surface area contributed by atoms with Gasteiger partial charge in [-0.3, -0.25) is 4.90 Å². The Bertz CT molecular complexity index is 852. The fraction of sp³-hybridized carbons (Fsp3) is 0.389. The predicted octanol–water partition coefficient (Wildman–Crippen LogP) is 2.48. The molecule has 3 heterocycles. The van der Waals surface area contributed by atoms with Gasteiger partial charge in [-0.05, 0) is 36.9 Å². The summed E-state index contributed by atoms with van der Waals surface area (Å²) in [5.74, 6) is 0. The third kappa shape index (κ3) is 3.48. The Balaban J connectivity index is 1.43.